The molecule has 0 amide bonds. The Morgan fingerprint density at radius 3 is 2.78 bits per heavy atom. The van der Waals surface area contributed by atoms with Crippen molar-refractivity contribution in [3.63, 3.8) is 0 Å². The van der Waals surface area contributed by atoms with E-state index in [4.69, 9.17) is 20.7 Å². The van der Waals surface area contributed by atoms with Crippen LogP contribution in [0.1, 0.15) is 12.1 Å². The Morgan fingerprint density at radius 2 is 2.00 bits per heavy atom. The number of nitrogen functional groups attached to an aromatic ring is 2. The number of pyridine rings is 1. The van der Waals surface area contributed by atoms with Gasteiger partial charge in [0.1, 0.15) is 23.2 Å². The number of aromatic nitrogens is 2. The first kappa shape index (κ1) is 17.4. The fourth-order valence-electron chi connectivity index (χ4n) is 2.74. The van der Waals surface area contributed by atoms with Gasteiger partial charge in [0.15, 0.2) is 11.2 Å². The molecular formula is C19H17FN4O2S. The van der Waals surface area contributed by atoms with Crippen LogP contribution >= 0.6 is 11.8 Å². The Bertz CT molecular complexity index is 988. The van der Waals surface area contributed by atoms with Crippen LogP contribution in [0.25, 0.3) is 11.3 Å². The van der Waals surface area contributed by atoms with Crippen molar-refractivity contribution in [3.8, 4) is 17.1 Å². The molecule has 27 heavy (non-hydrogen) atoms. The molecule has 0 radical (unpaired) electrons. The predicted molar refractivity (Wildman–Crippen MR) is 103 cm³/mol. The molecule has 138 valence electrons. The second-order valence-corrected chi connectivity index (χ2v) is 7.34. The summed E-state index contributed by atoms with van der Waals surface area (Å²) in [5.41, 5.74) is 12.9. The van der Waals surface area contributed by atoms with Gasteiger partial charge < -0.3 is 20.7 Å². The SMILES string of the molecule is Nc1ccc(-c2cc(CC3=CCC(Oc4ccc(F)cc4)S3)no2)c(N)n1. The summed E-state index contributed by atoms with van der Waals surface area (Å²) in [6.07, 6.45) is 3.53. The summed E-state index contributed by atoms with van der Waals surface area (Å²) in [4.78, 5) is 5.17. The maximum Gasteiger partial charge on any atom is 0.170 e. The first-order valence-corrected chi connectivity index (χ1v) is 9.20. The van der Waals surface area contributed by atoms with Crippen LogP contribution in [0.4, 0.5) is 16.0 Å². The lowest BCUT2D eigenvalue weighted by Gasteiger charge is -2.13. The van der Waals surface area contributed by atoms with Crippen molar-refractivity contribution in [1.82, 2.24) is 10.1 Å². The number of rotatable bonds is 5. The van der Waals surface area contributed by atoms with Crippen LogP contribution < -0.4 is 16.2 Å². The zero-order valence-corrected chi connectivity index (χ0v) is 15.1. The van der Waals surface area contributed by atoms with Crippen LogP contribution in [-0.2, 0) is 6.42 Å². The second-order valence-electron chi connectivity index (χ2n) is 6.05. The quantitative estimate of drug-likeness (QED) is 0.685. The molecule has 0 fully saturated rings. The average Bonchev–Trinajstić information content (AvgIpc) is 3.27. The molecule has 0 bridgehead atoms. The number of allylic oxidation sites excluding steroid dienone is 1. The molecule has 1 aliphatic rings. The summed E-state index contributed by atoms with van der Waals surface area (Å²) < 4.78 is 24.2. The number of hydrogen-bond donors (Lipinski definition) is 2. The maximum atomic E-state index is 13.0. The smallest absolute Gasteiger partial charge is 0.170 e. The average molecular weight is 384 g/mol. The van der Waals surface area contributed by atoms with E-state index in [-0.39, 0.29) is 11.3 Å². The topological polar surface area (TPSA) is 100 Å². The minimum absolute atomic E-state index is 0.0335. The van der Waals surface area contributed by atoms with Crippen molar-refractivity contribution in [2.45, 2.75) is 18.3 Å². The molecule has 0 aliphatic carbocycles. The Hall–Kier alpha value is -3.00. The number of ether oxygens (including phenoxy) is 1. The van der Waals surface area contributed by atoms with E-state index in [0.717, 1.165) is 17.0 Å². The van der Waals surface area contributed by atoms with Crippen LogP contribution in [0.5, 0.6) is 5.75 Å². The highest BCUT2D eigenvalue weighted by Crippen LogP contribution is 2.36. The number of benzene rings is 1. The molecule has 3 aromatic rings. The van der Waals surface area contributed by atoms with Gasteiger partial charge in [0.2, 0.25) is 0 Å². The van der Waals surface area contributed by atoms with E-state index in [1.54, 1.807) is 36.0 Å². The normalized spacial score (nSPS) is 16.3. The summed E-state index contributed by atoms with van der Waals surface area (Å²) >= 11 is 1.62. The third-order valence-corrected chi connectivity index (χ3v) is 5.19. The van der Waals surface area contributed by atoms with E-state index >= 15 is 0 Å². The number of nitrogens with two attached hydrogens (primary N) is 2. The van der Waals surface area contributed by atoms with Crippen molar-refractivity contribution >= 4 is 23.4 Å². The zero-order valence-electron chi connectivity index (χ0n) is 14.3. The third-order valence-electron chi connectivity index (χ3n) is 4.03. The Labute approximate surface area is 159 Å². The molecule has 0 saturated heterocycles. The van der Waals surface area contributed by atoms with E-state index in [0.29, 0.717) is 35.1 Å². The minimum Gasteiger partial charge on any atom is -0.479 e. The van der Waals surface area contributed by atoms with Crippen molar-refractivity contribution in [2.24, 2.45) is 0 Å². The van der Waals surface area contributed by atoms with Gasteiger partial charge in [-0.05, 0) is 41.3 Å². The molecule has 0 saturated carbocycles. The fourth-order valence-corrected chi connectivity index (χ4v) is 3.86. The molecule has 4 N–H and O–H groups in total. The summed E-state index contributed by atoms with van der Waals surface area (Å²) in [6.45, 7) is 0. The van der Waals surface area contributed by atoms with Crippen molar-refractivity contribution in [2.75, 3.05) is 11.5 Å². The lowest BCUT2D eigenvalue weighted by atomic mass is 10.1. The van der Waals surface area contributed by atoms with Gasteiger partial charge in [-0.15, -0.1) is 0 Å². The minimum atomic E-state index is -0.279. The van der Waals surface area contributed by atoms with Gasteiger partial charge >= 0.3 is 0 Å². The van der Waals surface area contributed by atoms with Gasteiger partial charge in [0.05, 0.1) is 11.3 Å². The first-order valence-electron chi connectivity index (χ1n) is 8.33. The van der Waals surface area contributed by atoms with E-state index < -0.39 is 0 Å². The lowest BCUT2D eigenvalue weighted by molar-refractivity contribution is 0.294. The van der Waals surface area contributed by atoms with Crippen molar-refractivity contribution in [1.29, 1.82) is 0 Å². The molecule has 0 spiro atoms. The Morgan fingerprint density at radius 1 is 1.19 bits per heavy atom. The molecule has 8 heteroatoms. The van der Waals surface area contributed by atoms with E-state index in [1.807, 2.05) is 6.07 Å². The number of anilines is 2. The molecule has 1 aliphatic heterocycles. The Kier molecular flexibility index (Phi) is 4.72. The summed E-state index contributed by atoms with van der Waals surface area (Å²) in [5, 5.41) is 4.11. The molecule has 2 aromatic heterocycles. The van der Waals surface area contributed by atoms with Crippen LogP contribution in [0.2, 0.25) is 0 Å². The van der Waals surface area contributed by atoms with E-state index in [1.165, 1.54) is 12.1 Å². The van der Waals surface area contributed by atoms with E-state index in [2.05, 4.69) is 16.2 Å². The highest BCUT2D eigenvalue weighted by atomic mass is 32.2. The van der Waals surface area contributed by atoms with Crippen LogP contribution in [0.3, 0.4) is 0 Å². The fraction of sp³-hybridized carbons (Fsp3) is 0.158. The zero-order chi connectivity index (χ0) is 18.8. The summed E-state index contributed by atoms with van der Waals surface area (Å²) in [7, 11) is 0. The van der Waals surface area contributed by atoms with Crippen molar-refractivity contribution in [3.05, 3.63) is 65.0 Å². The molecule has 1 aromatic carbocycles. The summed E-state index contributed by atoms with van der Waals surface area (Å²) in [6, 6.07) is 11.3. The third kappa shape index (κ3) is 4.06. The monoisotopic (exact) mass is 384 g/mol. The second kappa shape index (κ2) is 7.32. The Balaban J connectivity index is 1.38. The number of halogens is 1. The molecule has 1 atom stereocenters. The van der Waals surface area contributed by atoms with Gasteiger partial charge in [-0.1, -0.05) is 23.0 Å². The molecular weight excluding hydrogens is 367 g/mol. The highest BCUT2D eigenvalue weighted by molar-refractivity contribution is 8.03. The van der Waals surface area contributed by atoms with E-state index in [9.17, 15) is 4.39 Å². The standard InChI is InChI=1S/C19H17FN4O2S/c20-11-1-3-13(4-2-11)25-18-8-5-14(27-18)9-12-10-16(26-24-12)15-6-7-17(21)23-19(15)22/h1-7,10,18H,8-9H2,(H4,21,22,23). The van der Waals surface area contributed by atoms with Crippen LogP contribution in [0, 0.1) is 5.82 Å². The predicted octanol–water partition coefficient (Wildman–Crippen LogP) is 4.01. The molecule has 1 unspecified atom stereocenters. The molecule has 6 nitrogen and oxygen atoms in total. The molecule has 3 heterocycles. The van der Waals surface area contributed by atoms with Crippen LogP contribution in [0.15, 0.2) is 58.0 Å². The number of thioether (sulfide) groups is 1. The van der Waals surface area contributed by atoms with Crippen molar-refractivity contribution < 1.29 is 13.7 Å². The van der Waals surface area contributed by atoms with Crippen LogP contribution in [-0.4, -0.2) is 15.6 Å². The van der Waals surface area contributed by atoms with Gasteiger partial charge in [-0.3, -0.25) is 0 Å². The largest absolute Gasteiger partial charge is 0.479 e. The number of hydrogen-bond acceptors (Lipinski definition) is 7. The first-order chi connectivity index (χ1) is 13.1. The highest BCUT2D eigenvalue weighted by Gasteiger charge is 2.21. The van der Waals surface area contributed by atoms with Gasteiger partial charge in [0.25, 0.3) is 0 Å². The summed E-state index contributed by atoms with van der Waals surface area (Å²) in [5.74, 6) is 1.59. The lowest BCUT2D eigenvalue weighted by Crippen LogP contribution is -2.07. The number of nitrogens with zero attached hydrogens (tertiary/aromatic N) is 2. The maximum absolute atomic E-state index is 13.0. The van der Waals surface area contributed by atoms with Gasteiger partial charge in [-0.2, -0.15) is 0 Å². The molecule has 4 rings (SSSR count). The van der Waals surface area contributed by atoms with Gasteiger partial charge in [-0.25, -0.2) is 9.37 Å². The van der Waals surface area contributed by atoms with Gasteiger partial charge in [0, 0.05) is 18.9 Å².